The van der Waals surface area contributed by atoms with E-state index in [2.05, 4.69) is 26.1 Å². The molecule has 1 amide bonds. The third kappa shape index (κ3) is 4.89. The average Bonchev–Trinajstić information content (AvgIpc) is 2.87. The third-order valence-electron chi connectivity index (χ3n) is 7.56. The minimum Gasteiger partial charge on any atom is -0.483 e. The van der Waals surface area contributed by atoms with Crippen molar-refractivity contribution in [2.24, 2.45) is 0 Å². The van der Waals surface area contributed by atoms with Crippen LogP contribution in [0.2, 0.25) is 0 Å². The number of allylic oxidation sites excluding steroid dienone is 4. The normalized spacial score (nSPS) is 18.1. The first-order valence-electron chi connectivity index (χ1n) is 12.8. The molecule has 0 fully saturated rings. The van der Waals surface area contributed by atoms with Crippen LogP contribution in [-0.2, 0) is 14.4 Å². The van der Waals surface area contributed by atoms with E-state index in [1.807, 2.05) is 57.3 Å². The Morgan fingerprint density at radius 2 is 1.62 bits per heavy atom. The number of ketones is 2. The molecule has 0 unspecified atom stereocenters. The Hall–Kier alpha value is -3.19. The summed E-state index contributed by atoms with van der Waals surface area (Å²) in [6.45, 7) is 3.79. The largest absolute Gasteiger partial charge is 0.483 e. The van der Waals surface area contributed by atoms with Gasteiger partial charge in [-0.1, -0.05) is 18.2 Å². The number of nitrogens with zero attached hydrogens (tertiary/aromatic N) is 1. The molecule has 0 bridgehead atoms. The van der Waals surface area contributed by atoms with E-state index in [1.165, 1.54) is 0 Å². The fourth-order valence-electron chi connectivity index (χ4n) is 5.70. The van der Waals surface area contributed by atoms with Crippen molar-refractivity contribution in [2.45, 2.75) is 58.3 Å². The second-order valence-corrected chi connectivity index (χ2v) is 11.0. The van der Waals surface area contributed by atoms with Crippen LogP contribution in [0.3, 0.4) is 0 Å². The highest BCUT2D eigenvalue weighted by atomic mass is 79.9. The van der Waals surface area contributed by atoms with Crippen LogP contribution in [0.15, 0.2) is 63.4 Å². The van der Waals surface area contributed by atoms with Crippen LogP contribution in [0.25, 0.3) is 0 Å². The van der Waals surface area contributed by atoms with Gasteiger partial charge in [-0.05, 0) is 90.4 Å². The highest BCUT2D eigenvalue weighted by Gasteiger charge is 2.42. The zero-order chi connectivity index (χ0) is 26.3. The second kappa shape index (κ2) is 10.3. The molecule has 1 N–H and O–H groups in total. The van der Waals surface area contributed by atoms with Gasteiger partial charge in [-0.3, -0.25) is 14.4 Å². The molecule has 1 heterocycles. The van der Waals surface area contributed by atoms with E-state index in [-0.39, 0.29) is 30.0 Å². The Bertz CT molecular complexity index is 1330. The van der Waals surface area contributed by atoms with Gasteiger partial charge in [-0.15, -0.1) is 0 Å². The number of carbonyl (C=O) groups excluding carboxylic acids is 3. The molecule has 5 rings (SSSR count). The predicted octanol–water partition coefficient (Wildman–Crippen LogP) is 6.13. The minimum atomic E-state index is -0.361. The maximum absolute atomic E-state index is 13.2. The lowest BCUT2D eigenvalue weighted by atomic mass is 9.71. The zero-order valence-electron chi connectivity index (χ0n) is 21.4. The maximum Gasteiger partial charge on any atom is 0.262 e. The van der Waals surface area contributed by atoms with Gasteiger partial charge in [-0.25, -0.2) is 0 Å². The molecule has 0 atom stereocenters. The smallest absolute Gasteiger partial charge is 0.262 e. The number of amides is 1. The fourth-order valence-corrected chi connectivity index (χ4v) is 6.21. The SMILES string of the molecule is Cc1ccc(C)c(NC(=O)COc2ccc(C3C4=C(CCCC4=O)N(C)C4=C3C(=O)CCC4)cc2Br)c1. The van der Waals surface area contributed by atoms with Gasteiger partial charge < -0.3 is 15.0 Å². The topological polar surface area (TPSA) is 75.7 Å². The lowest BCUT2D eigenvalue weighted by Crippen LogP contribution is -2.37. The van der Waals surface area contributed by atoms with Crippen molar-refractivity contribution in [3.8, 4) is 5.75 Å². The number of carbonyl (C=O) groups is 3. The van der Waals surface area contributed by atoms with Gasteiger partial charge >= 0.3 is 0 Å². The van der Waals surface area contributed by atoms with Crippen molar-refractivity contribution in [3.05, 3.63) is 80.1 Å². The molecule has 2 aliphatic carbocycles. The van der Waals surface area contributed by atoms with Crippen LogP contribution in [0.1, 0.15) is 61.1 Å². The van der Waals surface area contributed by atoms with Crippen LogP contribution < -0.4 is 10.1 Å². The number of nitrogens with one attached hydrogen (secondary N) is 1. The summed E-state index contributed by atoms with van der Waals surface area (Å²) < 4.78 is 6.51. The third-order valence-corrected chi connectivity index (χ3v) is 8.18. The molecule has 0 spiro atoms. The van der Waals surface area contributed by atoms with Crippen molar-refractivity contribution in [2.75, 3.05) is 19.0 Å². The van der Waals surface area contributed by atoms with Gasteiger partial charge in [0.15, 0.2) is 18.2 Å². The summed E-state index contributed by atoms with van der Waals surface area (Å²) in [4.78, 5) is 41.0. The number of anilines is 1. The number of hydrogen-bond acceptors (Lipinski definition) is 5. The number of hydrogen-bond donors (Lipinski definition) is 1. The number of ether oxygens (including phenoxy) is 1. The quantitative estimate of drug-likeness (QED) is 0.474. The summed E-state index contributed by atoms with van der Waals surface area (Å²) in [7, 11) is 1.99. The molecule has 0 saturated carbocycles. The second-order valence-electron chi connectivity index (χ2n) is 10.1. The number of halogens is 1. The van der Waals surface area contributed by atoms with Crippen LogP contribution in [0, 0.1) is 13.8 Å². The van der Waals surface area contributed by atoms with Crippen molar-refractivity contribution < 1.29 is 19.1 Å². The highest BCUT2D eigenvalue weighted by Crippen LogP contribution is 2.49. The molecular weight excluding hydrogens is 532 g/mol. The van der Waals surface area contributed by atoms with Gasteiger partial charge in [0, 0.05) is 54.0 Å². The zero-order valence-corrected chi connectivity index (χ0v) is 23.0. The summed E-state index contributed by atoms with van der Waals surface area (Å²) in [5.41, 5.74) is 7.33. The van der Waals surface area contributed by atoms with Crippen molar-refractivity contribution in [3.63, 3.8) is 0 Å². The van der Waals surface area contributed by atoms with E-state index in [4.69, 9.17) is 4.74 Å². The molecule has 0 radical (unpaired) electrons. The van der Waals surface area contributed by atoms with Crippen LogP contribution in [-0.4, -0.2) is 36.0 Å². The van der Waals surface area contributed by atoms with Crippen LogP contribution in [0.4, 0.5) is 5.69 Å². The monoisotopic (exact) mass is 562 g/mol. The molecule has 192 valence electrons. The molecular formula is C30H31BrN2O4. The van der Waals surface area contributed by atoms with E-state index < -0.39 is 0 Å². The first-order valence-corrected chi connectivity index (χ1v) is 13.6. The molecule has 2 aromatic carbocycles. The van der Waals surface area contributed by atoms with Crippen molar-refractivity contribution in [1.82, 2.24) is 4.90 Å². The van der Waals surface area contributed by atoms with E-state index >= 15 is 0 Å². The summed E-state index contributed by atoms with van der Waals surface area (Å²) in [5.74, 6) is 0.177. The van der Waals surface area contributed by atoms with Crippen molar-refractivity contribution in [1.29, 1.82) is 0 Å². The minimum absolute atomic E-state index is 0.127. The van der Waals surface area contributed by atoms with E-state index in [0.717, 1.165) is 70.6 Å². The van der Waals surface area contributed by atoms with Gasteiger partial charge in [0.1, 0.15) is 5.75 Å². The summed E-state index contributed by atoms with van der Waals surface area (Å²) >= 11 is 3.60. The maximum atomic E-state index is 13.2. The van der Waals surface area contributed by atoms with E-state index in [0.29, 0.717) is 23.1 Å². The number of rotatable bonds is 5. The molecule has 2 aromatic rings. The lowest BCUT2D eigenvalue weighted by molar-refractivity contribution is -0.118. The Labute approximate surface area is 225 Å². The van der Waals surface area contributed by atoms with Crippen LogP contribution in [0.5, 0.6) is 5.75 Å². The number of Topliss-reactive ketones (excluding diaryl/α,β-unsaturated/α-hetero) is 2. The summed E-state index contributed by atoms with van der Waals surface area (Å²) in [6, 6.07) is 11.6. The Kier molecular flexibility index (Phi) is 7.08. The summed E-state index contributed by atoms with van der Waals surface area (Å²) in [6.07, 6.45) is 4.39. The Balaban J connectivity index is 1.40. The molecule has 6 nitrogen and oxygen atoms in total. The van der Waals surface area contributed by atoms with Gasteiger partial charge in [-0.2, -0.15) is 0 Å². The van der Waals surface area contributed by atoms with Crippen molar-refractivity contribution >= 4 is 39.1 Å². The molecule has 0 aromatic heterocycles. The standard InChI is InChI=1S/C30H31BrN2O4/c1-17-10-11-18(2)21(14-17)32-27(36)16-37-26-13-12-19(15-20(26)31)28-29-22(6-4-8-24(29)34)33(3)23-7-5-9-25(35)30(23)28/h10-15,28H,4-9,16H2,1-3H3,(H,32,36). The van der Waals surface area contributed by atoms with Crippen LogP contribution >= 0.6 is 15.9 Å². The Morgan fingerprint density at radius 1 is 0.973 bits per heavy atom. The molecule has 1 aliphatic heterocycles. The average molecular weight is 563 g/mol. The number of benzene rings is 2. The van der Waals surface area contributed by atoms with E-state index in [9.17, 15) is 14.4 Å². The highest BCUT2D eigenvalue weighted by molar-refractivity contribution is 9.10. The molecule has 7 heteroatoms. The van der Waals surface area contributed by atoms with Gasteiger partial charge in [0.05, 0.1) is 4.47 Å². The number of aryl methyl sites for hydroxylation is 2. The van der Waals surface area contributed by atoms with Gasteiger partial charge in [0.2, 0.25) is 0 Å². The molecule has 3 aliphatic rings. The predicted molar refractivity (Wildman–Crippen MR) is 146 cm³/mol. The van der Waals surface area contributed by atoms with E-state index in [1.54, 1.807) is 0 Å². The molecule has 0 saturated heterocycles. The first-order chi connectivity index (χ1) is 17.7. The lowest BCUT2D eigenvalue weighted by Gasteiger charge is -2.42. The molecule has 37 heavy (non-hydrogen) atoms. The van der Waals surface area contributed by atoms with Gasteiger partial charge in [0.25, 0.3) is 5.91 Å². The Morgan fingerprint density at radius 3 is 2.24 bits per heavy atom. The fraction of sp³-hybridized carbons (Fsp3) is 0.367. The summed E-state index contributed by atoms with van der Waals surface area (Å²) in [5, 5.41) is 2.91. The first kappa shape index (κ1) is 25.5.